The van der Waals surface area contributed by atoms with Crippen LogP contribution in [-0.2, 0) is 9.53 Å². The predicted molar refractivity (Wildman–Crippen MR) is 64.8 cm³/mol. The zero-order valence-electron chi connectivity index (χ0n) is 9.27. The fraction of sp³-hybridized carbons (Fsp3) is 0.455. The van der Waals surface area contributed by atoms with Crippen LogP contribution in [-0.4, -0.2) is 24.5 Å². The summed E-state index contributed by atoms with van der Waals surface area (Å²) in [5, 5.41) is 4.44. The van der Waals surface area contributed by atoms with Crippen LogP contribution in [0.15, 0.2) is 11.4 Å². The summed E-state index contributed by atoms with van der Waals surface area (Å²) in [6.07, 6.45) is 1.67. The molecule has 92 valence electrons. The average molecular weight is 254 g/mol. The summed E-state index contributed by atoms with van der Waals surface area (Å²) >= 11 is 1.22. The Labute approximate surface area is 103 Å². The number of esters is 1. The Morgan fingerprint density at radius 3 is 3.06 bits per heavy atom. The van der Waals surface area contributed by atoms with E-state index >= 15 is 0 Å². The van der Waals surface area contributed by atoms with E-state index in [1.807, 2.05) is 0 Å². The molecule has 1 aliphatic rings. The lowest BCUT2D eigenvalue weighted by Crippen LogP contribution is -2.36. The molecule has 1 aromatic rings. The van der Waals surface area contributed by atoms with Crippen LogP contribution in [0.3, 0.4) is 0 Å². The van der Waals surface area contributed by atoms with Gasteiger partial charge in [0.05, 0.1) is 5.69 Å². The lowest BCUT2D eigenvalue weighted by atomic mass is 10.2. The van der Waals surface area contributed by atoms with Crippen LogP contribution in [0.2, 0.25) is 0 Å². The third-order valence-corrected chi connectivity index (χ3v) is 3.53. The Bertz CT molecular complexity index is 430. The van der Waals surface area contributed by atoms with E-state index in [1.165, 1.54) is 11.3 Å². The second-order valence-corrected chi connectivity index (χ2v) is 4.80. The quantitative estimate of drug-likeness (QED) is 0.776. The molecule has 1 fully saturated rings. The van der Waals surface area contributed by atoms with Crippen LogP contribution >= 0.6 is 11.3 Å². The molecule has 2 heterocycles. The number of nitrogens with two attached hydrogens (primary N) is 1. The molecule has 1 amide bonds. The second kappa shape index (κ2) is 5.18. The summed E-state index contributed by atoms with van der Waals surface area (Å²) in [5.74, 6) is -0.731. The van der Waals surface area contributed by atoms with Gasteiger partial charge in [0.25, 0.3) is 5.91 Å². The first-order valence-electron chi connectivity index (χ1n) is 5.50. The smallest absolute Gasteiger partial charge is 0.351 e. The van der Waals surface area contributed by atoms with Gasteiger partial charge in [-0.25, -0.2) is 4.79 Å². The number of hydrogen-bond donors (Lipinski definition) is 2. The van der Waals surface area contributed by atoms with Crippen molar-refractivity contribution in [3.05, 3.63) is 16.3 Å². The summed E-state index contributed by atoms with van der Waals surface area (Å²) < 4.78 is 5.19. The maximum Gasteiger partial charge on any atom is 0.351 e. The first-order chi connectivity index (χ1) is 8.18. The first kappa shape index (κ1) is 11.9. The van der Waals surface area contributed by atoms with Gasteiger partial charge >= 0.3 is 5.97 Å². The molecule has 1 unspecified atom stereocenters. The highest BCUT2D eigenvalue weighted by Crippen LogP contribution is 2.21. The van der Waals surface area contributed by atoms with E-state index in [2.05, 4.69) is 5.32 Å². The van der Waals surface area contributed by atoms with Crippen molar-refractivity contribution in [1.82, 2.24) is 5.32 Å². The number of carbonyl (C=O) groups excluding carboxylic acids is 2. The summed E-state index contributed by atoms with van der Waals surface area (Å²) in [6.45, 7) is 0.647. The minimum absolute atomic E-state index is 0.217. The van der Waals surface area contributed by atoms with Gasteiger partial charge in [-0.1, -0.05) is 0 Å². The molecule has 5 nitrogen and oxygen atoms in total. The van der Waals surface area contributed by atoms with Gasteiger partial charge in [0.1, 0.15) is 4.88 Å². The largest absolute Gasteiger partial charge is 0.448 e. The number of carbonyl (C=O) groups is 2. The molecule has 0 spiro atoms. The maximum atomic E-state index is 11.8. The molecule has 1 saturated heterocycles. The normalized spacial score (nSPS) is 20.5. The van der Waals surface area contributed by atoms with Crippen LogP contribution < -0.4 is 11.1 Å². The van der Waals surface area contributed by atoms with Gasteiger partial charge in [0.15, 0.2) is 6.10 Å². The Morgan fingerprint density at radius 2 is 2.35 bits per heavy atom. The molecular formula is C11H14N2O3S. The van der Waals surface area contributed by atoms with Gasteiger partial charge < -0.3 is 15.8 Å². The molecule has 1 atom stereocenters. The van der Waals surface area contributed by atoms with Crippen molar-refractivity contribution in [3.8, 4) is 0 Å². The Kier molecular flexibility index (Phi) is 3.63. The predicted octanol–water partition coefficient (Wildman–Crippen LogP) is 1.16. The zero-order valence-corrected chi connectivity index (χ0v) is 10.1. The molecule has 1 aromatic heterocycles. The van der Waals surface area contributed by atoms with E-state index in [0.29, 0.717) is 23.5 Å². The van der Waals surface area contributed by atoms with Crippen molar-refractivity contribution in [3.63, 3.8) is 0 Å². The standard InChI is InChI=1S/C11H14N2O3S/c12-7-4-6-17-9(7)11(15)16-8-3-1-2-5-13-10(8)14/h4,6,8H,1-3,5,12H2,(H,13,14). The summed E-state index contributed by atoms with van der Waals surface area (Å²) in [7, 11) is 0. The number of nitrogen functional groups attached to an aromatic ring is 1. The Hall–Kier alpha value is -1.56. The highest BCUT2D eigenvalue weighted by molar-refractivity contribution is 7.12. The number of nitrogens with one attached hydrogen (secondary N) is 1. The molecule has 2 rings (SSSR count). The minimum Gasteiger partial charge on any atom is -0.448 e. The zero-order chi connectivity index (χ0) is 12.3. The van der Waals surface area contributed by atoms with Crippen molar-refractivity contribution >= 4 is 28.9 Å². The van der Waals surface area contributed by atoms with Crippen LogP contribution in [0.25, 0.3) is 0 Å². The number of hydrogen-bond acceptors (Lipinski definition) is 5. The molecule has 3 N–H and O–H groups in total. The molecular weight excluding hydrogens is 240 g/mol. The van der Waals surface area contributed by atoms with E-state index in [4.69, 9.17) is 10.5 Å². The molecule has 0 bridgehead atoms. The highest BCUT2D eigenvalue weighted by atomic mass is 32.1. The molecule has 0 aromatic carbocycles. The van der Waals surface area contributed by atoms with Crippen molar-refractivity contribution in [2.75, 3.05) is 12.3 Å². The van der Waals surface area contributed by atoms with E-state index < -0.39 is 12.1 Å². The fourth-order valence-corrected chi connectivity index (χ4v) is 2.39. The summed E-state index contributed by atoms with van der Waals surface area (Å²) in [6, 6.07) is 1.65. The number of anilines is 1. The lowest BCUT2D eigenvalue weighted by molar-refractivity contribution is -0.129. The number of amides is 1. The Balaban J connectivity index is 2.02. The number of ether oxygens (including phenoxy) is 1. The van der Waals surface area contributed by atoms with E-state index in [-0.39, 0.29) is 5.91 Å². The van der Waals surface area contributed by atoms with Gasteiger partial charge in [-0.3, -0.25) is 4.79 Å². The van der Waals surface area contributed by atoms with E-state index in [9.17, 15) is 9.59 Å². The second-order valence-electron chi connectivity index (χ2n) is 3.89. The van der Waals surface area contributed by atoms with Gasteiger partial charge in [-0.05, 0) is 30.7 Å². The van der Waals surface area contributed by atoms with Crippen molar-refractivity contribution in [1.29, 1.82) is 0 Å². The molecule has 0 radical (unpaired) electrons. The third-order valence-electron chi connectivity index (χ3n) is 2.62. The average Bonchev–Trinajstić information content (AvgIpc) is 2.63. The molecule has 6 heteroatoms. The summed E-state index contributed by atoms with van der Waals surface area (Å²) in [4.78, 5) is 23.7. The van der Waals surface area contributed by atoms with Crippen molar-refractivity contribution in [2.45, 2.75) is 25.4 Å². The van der Waals surface area contributed by atoms with Crippen LogP contribution in [0.5, 0.6) is 0 Å². The van der Waals surface area contributed by atoms with Gasteiger partial charge in [0.2, 0.25) is 0 Å². The van der Waals surface area contributed by atoms with Gasteiger partial charge in [-0.15, -0.1) is 11.3 Å². The molecule has 1 aliphatic heterocycles. The van der Waals surface area contributed by atoms with Gasteiger partial charge in [-0.2, -0.15) is 0 Å². The van der Waals surface area contributed by atoms with Crippen molar-refractivity contribution in [2.24, 2.45) is 0 Å². The summed E-state index contributed by atoms with van der Waals surface area (Å²) in [5.41, 5.74) is 6.02. The highest BCUT2D eigenvalue weighted by Gasteiger charge is 2.26. The van der Waals surface area contributed by atoms with E-state index in [0.717, 1.165) is 12.8 Å². The van der Waals surface area contributed by atoms with Crippen molar-refractivity contribution < 1.29 is 14.3 Å². The number of rotatable bonds is 2. The van der Waals surface area contributed by atoms with Crippen LogP contribution in [0.4, 0.5) is 5.69 Å². The lowest BCUT2D eigenvalue weighted by Gasteiger charge is -2.13. The maximum absolute atomic E-state index is 11.8. The topological polar surface area (TPSA) is 81.4 Å². The Morgan fingerprint density at radius 1 is 1.53 bits per heavy atom. The van der Waals surface area contributed by atoms with Gasteiger partial charge in [0, 0.05) is 6.54 Å². The third kappa shape index (κ3) is 2.76. The monoisotopic (exact) mass is 254 g/mol. The van der Waals surface area contributed by atoms with Crippen LogP contribution in [0, 0.1) is 0 Å². The minimum atomic E-state index is -0.688. The molecule has 17 heavy (non-hydrogen) atoms. The number of thiophene rings is 1. The molecule has 0 saturated carbocycles. The fourth-order valence-electron chi connectivity index (χ4n) is 1.69. The molecule has 0 aliphatic carbocycles. The van der Waals surface area contributed by atoms with Crippen LogP contribution in [0.1, 0.15) is 28.9 Å². The van der Waals surface area contributed by atoms with E-state index in [1.54, 1.807) is 11.4 Å². The SMILES string of the molecule is Nc1ccsc1C(=O)OC1CCCCNC1=O. The first-order valence-corrected chi connectivity index (χ1v) is 6.38.